The molecule has 0 saturated carbocycles. The van der Waals surface area contributed by atoms with Gasteiger partial charge in [-0.05, 0) is 194 Å². The standard InChI is InChI=1S/C111H69BN2O2/c1-7-29-70(30-8-1)82-43-23-25-45-84(82)77-54-59-92-94-66-100-98(68-106(94)115-104(92)64-77)112-99-69-107-95(93-60-55-78(65-105(93)116-107)85-46-26-24-44-83(85)71-31-9-2-10-32-71)67-101(99)114(110-87-48-22-20-38-75(87)52-57-89(110)73-35-13-4-14-36-73)103-63-79(62-102(108(103)112)113(100)109-86-47-21-19-37-74(86)51-56-88(109)72-33-11-3-12-34-72)76-53-58-91-90-49-27-28-50-96(90)111(97(91)61-76,80-39-15-5-16-40-80)81-41-17-6-18-42-81/h1-69H. The predicted molar refractivity (Wildman–Crippen MR) is 485 cm³/mol. The molecule has 21 aromatic rings. The van der Waals surface area contributed by atoms with Crippen LogP contribution in [0.1, 0.15) is 22.3 Å². The van der Waals surface area contributed by atoms with Crippen LogP contribution >= 0.6 is 0 Å². The van der Waals surface area contributed by atoms with Gasteiger partial charge < -0.3 is 18.6 Å². The zero-order valence-electron chi connectivity index (χ0n) is 63.1. The van der Waals surface area contributed by atoms with Gasteiger partial charge in [-0.3, -0.25) is 0 Å². The third kappa shape index (κ3) is 9.95. The Labute approximate surface area is 672 Å². The smallest absolute Gasteiger partial charge is 0.252 e. The summed E-state index contributed by atoms with van der Waals surface area (Å²) >= 11 is 0. The van der Waals surface area contributed by atoms with Gasteiger partial charge in [-0.1, -0.05) is 352 Å². The fourth-order valence-electron chi connectivity index (χ4n) is 20.0. The lowest BCUT2D eigenvalue weighted by Crippen LogP contribution is -2.61. The quantitative estimate of drug-likeness (QED) is 0.121. The van der Waals surface area contributed by atoms with Crippen LogP contribution in [-0.4, -0.2) is 6.71 Å². The fraction of sp³-hybridized carbons (Fsp3) is 0.00901. The Kier molecular flexibility index (Phi) is 14.7. The van der Waals surface area contributed by atoms with Gasteiger partial charge >= 0.3 is 0 Å². The van der Waals surface area contributed by atoms with Crippen molar-refractivity contribution in [3.05, 3.63) is 441 Å². The lowest BCUT2D eigenvalue weighted by Gasteiger charge is -2.45. The predicted octanol–water partition coefficient (Wildman–Crippen LogP) is 27.9. The van der Waals surface area contributed by atoms with Crippen molar-refractivity contribution in [2.24, 2.45) is 0 Å². The normalized spacial score (nSPS) is 13.0. The first kappa shape index (κ1) is 65.7. The maximum Gasteiger partial charge on any atom is 0.252 e. The molecular weight excluding hydrogens is 1400 g/mol. The van der Waals surface area contributed by atoms with E-state index in [4.69, 9.17) is 8.83 Å². The molecule has 2 aliphatic heterocycles. The van der Waals surface area contributed by atoms with Gasteiger partial charge in [0.1, 0.15) is 22.3 Å². The molecule has 116 heavy (non-hydrogen) atoms. The molecule has 5 heteroatoms. The van der Waals surface area contributed by atoms with Gasteiger partial charge in [-0.25, -0.2) is 0 Å². The van der Waals surface area contributed by atoms with E-state index in [0.29, 0.717) is 0 Å². The summed E-state index contributed by atoms with van der Waals surface area (Å²) in [5, 5.41) is 8.68. The second-order valence-electron chi connectivity index (χ2n) is 31.2. The van der Waals surface area contributed by atoms with Gasteiger partial charge in [0, 0.05) is 66.2 Å². The summed E-state index contributed by atoms with van der Waals surface area (Å²) in [6.45, 7) is -0.396. The second kappa shape index (κ2) is 26.0. The van der Waals surface area contributed by atoms with E-state index in [1.165, 1.54) is 44.5 Å². The summed E-state index contributed by atoms with van der Waals surface area (Å²) < 4.78 is 15.0. The van der Waals surface area contributed by atoms with E-state index in [9.17, 15) is 0 Å². The van der Waals surface area contributed by atoms with Gasteiger partial charge in [-0.15, -0.1) is 0 Å². The van der Waals surface area contributed by atoms with Crippen LogP contribution in [0.4, 0.5) is 34.1 Å². The van der Waals surface area contributed by atoms with Crippen LogP contribution in [0.2, 0.25) is 0 Å². The van der Waals surface area contributed by atoms with Crippen molar-refractivity contribution in [3.63, 3.8) is 0 Å². The van der Waals surface area contributed by atoms with Crippen molar-refractivity contribution >= 4 is 123 Å². The van der Waals surface area contributed by atoms with E-state index >= 15 is 0 Å². The zero-order valence-corrected chi connectivity index (χ0v) is 63.1. The van der Waals surface area contributed by atoms with Crippen molar-refractivity contribution in [2.45, 2.75) is 5.41 Å². The number of furan rings is 2. The van der Waals surface area contributed by atoms with E-state index in [-0.39, 0.29) is 0 Å². The van der Waals surface area contributed by atoms with Crippen molar-refractivity contribution in [1.29, 1.82) is 0 Å². The molecule has 0 amide bonds. The number of fused-ring (bicyclic) bond motifs is 15. The van der Waals surface area contributed by atoms with Crippen LogP contribution in [0, 0.1) is 0 Å². The van der Waals surface area contributed by atoms with E-state index in [0.717, 1.165) is 183 Å². The highest BCUT2D eigenvalue weighted by Crippen LogP contribution is 2.59. The van der Waals surface area contributed by atoms with Gasteiger partial charge in [0.25, 0.3) is 6.71 Å². The number of benzene rings is 19. The number of anilines is 6. The topological polar surface area (TPSA) is 32.8 Å². The lowest BCUT2D eigenvalue weighted by molar-refractivity contribution is 0.669. The first-order valence-electron chi connectivity index (χ1n) is 40.1. The fourth-order valence-corrected chi connectivity index (χ4v) is 20.0. The average molecular weight is 1470 g/mol. The number of rotatable bonds is 11. The Morgan fingerprint density at radius 2 is 0.560 bits per heavy atom. The summed E-state index contributed by atoms with van der Waals surface area (Å²) in [5.41, 5.74) is 35.6. The van der Waals surface area contributed by atoms with Crippen LogP contribution in [0.25, 0.3) is 154 Å². The Morgan fingerprint density at radius 1 is 0.207 bits per heavy atom. The molecule has 1 aliphatic carbocycles. The monoisotopic (exact) mass is 1470 g/mol. The molecule has 4 nitrogen and oxygen atoms in total. The van der Waals surface area contributed by atoms with Crippen molar-refractivity contribution in [2.75, 3.05) is 9.80 Å². The molecule has 3 aliphatic rings. The SMILES string of the molecule is c1ccc(-c2ccccc2-c2ccc3c(c2)oc2cc4c(cc23)N(c2c(-c3ccccc3)ccc3ccccc23)c2cc(-c3ccc5c(c3)C(c3ccccc3)(c3ccccc3)c3ccccc3-5)cc3c2B4c2cc4oc5cc(-c6ccccc6-c6ccccc6)ccc5c4cc2N3c2c(-c3ccccc3)ccc3ccccc23)cc1. The maximum absolute atomic E-state index is 7.52. The molecule has 0 saturated heterocycles. The third-order valence-corrected chi connectivity index (χ3v) is 25.1. The van der Waals surface area contributed by atoms with Gasteiger partial charge in [-0.2, -0.15) is 0 Å². The zero-order chi connectivity index (χ0) is 76.1. The van der Waals surface area contributed by atoms with Crippen LogP contribution in [0.3, 0.4) is 0 Å². The molecule has 0 spiro atoms. The highest BCUT2D eigenvalue weighted by Gasteiger charge is 2.49. The minimum Gasteiger partial charge on any atom is -0.456 e. The van der Waals surface area contributed by atoms with Crippen LogP contribution < -0.4 is 26.2 Å². The van der Waals surface area contributed by atoms with Gasteiger partial charge in [0.2, 0.25) is 0 Å². The number of nitrogens with zero attached hydrogens (tertiary/aromatic N) is 2. The molecule has 0 atom stereocenters. The second-order valence-corrected chi connectivity index (χ2v) is 31.2. The van der Waals surface area contributed by atoms with Crippen LogP contribution in [0.15, 0.2) is 427 Å². The molecule has 0 radical (unpaired) electrons. The molecule has 538 valence electrons. The number of hydrogen-bond acceptors (Lipinski definition) is 4. The van der Waals surface area contributed by atoms with Crippen LogP contribution in [-0.2, 0) is 5.41 Å². The third-order valence-electron chi connectivity index (χ3n) is 25.1. The first-order valence-corrected chi connectivity index (χ1v) is 40.1. The lowest BCUT2D eigenvalue weighted by atomic mass is 9.33. The Balaban J connectivity index is 0.846. The highest BCUT2D eigenvalue weighted by molar-refractivity contribution is 7.00. The van der Waals surface area contributed by atoms with E-state index in [1.807, 2.05) is 0 Å². The van der Waals surface area contributed by atoms with Gasteiger partial charge in [0.15, 0.2) is 0 Å². The minimum atomic E-state index is -0.662. The van der Waals surface area contributed by atoms with E-state index in [1.54, 1.807) is 0 Å². The summed E-state index contributed by atoms with van der Waals surface area (Å²) in [6, 6.07) is 156. The summed E-state index contributed by atoms with van der Waals surface area (Å²) in [6.07, 6.45) is 0. The van der Waals surface area contributed by atoms with Crippen molar-refractivity contribution in [3.8, 4) is 89.0 Å². The van der Waals surface area contributed by atoms with E-state index in [2.05, 4.69) is 428 Å². The largest absolute Gasteiger partial charge is 0.456 e. The molecule has 0 N–H and O–H groups in total. The Bertz CT molecular complexity index is 7190. The Hall–Kier alpha value is -15.0. The molecular formula is C111H69BN2O2. The summed E-state index contributed by atoms with van der Waals surface area (Å²) in [4.78, 5) is 5.34. The Morgan fingerprint density at radius 3 is 1.02 bits per heavy atom. The van der Waals surface area contributed by atoms with Crippen LogP contribution in [0.5, 0.6) is 0 Å². The van der Waals surface area contributed by atoms with Crippen molar-refractivity contribution in [1.82, 2.24) is 0 Å². The maximum atomic E-state index is 7.52. The molecule has 24 rings (SSSR count). The highest BCUT2D eigenvalue weighted by atomic mass is 16.3. The summed E-state index contributed by atoms with van der Waals surface area (Å²) in [5.74, 6) is 0. The molecule has 19 aromatic carbocycles. The van der Waals surface area contributed by atoms with Crippen molar-refractivity contribution < 1.29 is 8.83 Å². The first-order chi connectivity index (χ1) is 57.5. The molecule has 4 heterocycles. The molecule has 0 fully saturated rings. The van der Waals surface area contributed by atoms with E-state index < -0.39 is 12.1 Å². The minimum absolute atomic E-state index is 0.396. The molecule has 2 aromatic heterocycles. The van der Waals surface area contributed by atoms with Gasteiger partial charge in [0.05, 0.1) is 16.8 Å². The molecule has 0 unspecified atom stereocenters. The summed E-state index contributed by atoms with van der Waals surface area (Å²) in [7, 11) is 0. The number of hydrogen-bond donors (Lipinski definition) is 0. The molecule has 0 bridgehead atoms. The average Bonchev–Trinajstić information content (AvgIpc) is 0.970.